The molecule has 1 N–H and O–H groups in total. The lowest BCUT2D eigenvalue weighted by Crippen LogP contribution is -3.11. The molecular weight excluding hydrogens is 146 g/mol. The Kier molecular flexibility index (Phi) is 2.50. The summed E-state index contributed by atoms with van der Waals surface area (Å²) in [4.78, 5) is 1.91. The van der Waals surface area contributed by atoms with Gasteiger partial charge in [-0.3, -0.25) is 0 Å². The fourth-order valence-electron chi connectivity index (χ4n) is 2.97. The Morgan fingerprint density at radius 1 is 1.50 bits per heavy atom. The molecule has 2 saturated heterocycles. The average Bonchev–Trinajstić information content (AvgIpc) is 2.58. The third-order valence-electron chi connectivity index (χ3n) is 3.58. The first-order valence-corrected chi connectivity index (χ1v) is 5.35. The first kappa shape index (κ1) is 8.31. The van der Waals surface area contributed by atoms with Crippen LogP contribution in [0.4, 0.5) is 0 Å². The lowest BCUT2D eigenvalue weighted by Gasteiger charge is -2.10. The molecule has 0 bridgehead atoms. The van der Waals surface area contributed by atoms with Crippen molar-refractivity contribution >= 4 is 0 Å². The minimum absolute atomic E-state index is 1.02. The van der Waals surface area contributed by atoms with E-state index in [-0.39, 0.29) is 0 Å². The minimum atomic E-state index is 1.02. The highest BCUT2D eigenvalue weighted by atomic mass is 15.2. The number of hydrogen-bond acceptors (Lipinski definition) is 0. The summed E-state index contributed by atoms with van der Waals surface area (Å²) < 4.78 is 0. The molecule has 0 aromatic heterocycles. The zero-order valence-electron chi connectivity index (χ0n) is 7.89. The topological polar surface area (TPSA) is 4.44 Å². The maximum absolute atomic E-state index is 3.79. The predicted molar refractivity (Wildman–Crippen MR) is 51.3 cm³/mol. The first-order valence-electron chi connectivity index (χ1n) is 5.35. The van der Waals surface area contributed by atoms with Crippen molar-refractivity contribution in [3.05, 3.63) is 12.7 Å². The van der Waals surface area contributed by atoms with Gasteiger partial charge in [-0.1, -0.05) is 6.08 Å². The minimum Gasteiger partial charge on any atom is -0.332 e. The van der Waals surface area contributed by atoms with Crippen molar-refractivity contribution in [2.24, 2.45) is 5.92 Å². The van der Waals surface area contributed by atoms with E-state index in [0.717, 1.165) is 12.0 Å². The maximum atomic E-state index is 3.79. The molecule has 1 heteroatoms. The molecule has 1 nitrogen and oxygen atoms in total. The molecule has 1 unspecified atom stereocenters. The summed E-state index contributed by atoms with van der Waals surface area (Å²) in [5.41, 5.74) is 0. The quantitative estimate of drug-likeness (QED) is 0.597. The SMILES string of the molecule is C=CCC[C@@H]1C[C@H]2CCC[NH+]2C1. The summed E-state index contributed by atoms with van der Waals surface area (Å²) in [6.45, 7) is 6.70. The maximum Gasteiger partial charge on any atom is 0.0881 e. The van der Waals surface area contributed by atoms with Gasteiger partial charge >= 0.3 is 0 Å². The second-order valence-electron chi connectivity index (χ2n) is 4.42. The first-order chi connectivity index (χ1) is 5.90. The molecule has 2 aliphatic heterocycles. The summed E-state index contributed by atoms with van der Waals surface area (Å²) in [6, 6.07) is 1.04. The molecule has 68 valence electrons. The Labute approximate surface area is 75.4 Å². The highest BCUT2D eigenvalue weighted by Gasteiger charge is 2.38. The highest BCUT2D eigenvalue weighted by molar-refractivity contribution is 4.77. The number of fused-ring (bicyclic) bond motifs is 1. The number of quaternary nitrogens is 1. The fourth-order valence-corrected chi connectivity index (χ4v) is 2.97. The Morgan fingerprint density at radius 2 is 2.42 bits per heavy atom. The van der Waals surface area contributed by atoms with Crippen molar-refractivity contribution < 1.29 is 4.90 Å². The van der Waals surface area contributed by atoms with Crippen LogP contribution in [0, 0.1) is 5.92 Å². The standard InChI is InChI=1S/C11H19N/c1-2-3-5-10-8-11-6-4-7-12(11)9-10/h2,10-11H,1,3-9H2/p+1/t10-,11-/m1/s1. The molecule has 0 aromatic rings. The summed E-state index contributed by atoms with van der Waals surface area (Å²) in [5, 5.41) is 0. The van der Waals surface area contributed by atoms with Crippen LogP contribution in [0.2, 0.25) is 0 Å². The van der Waals surface area contributed by atoms with E-state index in [2.05, 4.69) is 12.7 Å². The zero-order valence-corrected chi connectivity index (χ0v) is 7.89. The molecule has 2 heterocycles. The van der Waals surface area contributed by atoms with Gasteiger partial charge in [-0.25, -0.2) is 0 Å². The smallest absolute Gasteiger partial charge is 0.0881 e. The molecule has 0 aliphatic carbocycles. The largest absolute Gasteiger partial charge is 0.332 e. The van der Waals surface area contributed by atoms with E-state index in [0.29, 0.717) is 0 Å². The van der Waals surface area contributed by atoms with Crippen molar-refractivity contribution in [2.75, 3.05) is 13.1 Å². The van der Waals surface area contributed by atoms with Crippen LogP contribution in [0.25, 0.3) is 0 Å². The van der Waals surface area contributed by atoms with Crippen molar-refractivity contribution in [3.8, 4) is 0 Å². The molecule has 2 rings (SSSR count). The van der Waals surface area contributed by atoms with Crippen LogP contribution in [-0.4, -0.2) is 19.1 Å². The van der Waals surface area contributed by atoms with Gasteiger partial charge in [0.25, 0.3) is 0 Å². The molecule has 2 fully saturated rings. The van der Waals surface area contributed by atoms with Gasteiger partial charge in [-0.15, -0.1) is 6.58 Å². The third kappa shape index (κ3) is 1.56. The lowest BCUT2D eigenvalue weighted by atomic mass is 9.98. The lowest BCUT2D eigenvalue weighted by molar-refractivity contribution is -0.900. The van der Waals surface area contributed by atoms with Gasteiger partial charge in [0.15, 0.2) is 0 Å². The summed E-state index contributed by atoms with van der Waals surface area (Å²) in [6.07, 6.45) is 9.17. The predicted octanol–water partition coefficient (Wildman–Crippen LogP) is 1.02. The summed E-state index contributed by atoms with van der Waals surface area (Å²) in [7, 11) is 0. The Balaban J connectivity index is 1.78. The number of rotatable bonds is 3. The van der Waals surface area contributed by atoms with E-state index in [1.807, 2.05) is 4.90 Å². The van der Waals surface area contributed by atoms with Gasteiger partial charge in [0.2, 0.25) is 0 Å². The normalized spacial score (nSPS) is 39.8. The molecule has 3 atom stereocenters. The van der Waals surface area contributed by atoms with E-state index in [1.165, 1.54) is 45.2 Å². The molecule has 0 spiro atoms. The van der Waals surface area contributed by atoms with Crippen LogP contribution in [0.5, 0.6) is 0 Å². The van der Waals surface area contributed by atoms with Crippen LogP contribution < -0.4 is 4.90 Å². The third-order valence-corrected chi connectivity index (χ3v) is 3.58. The second kappa shape index (κ2) is 3.61. The number of allylic oxidation sites excluding steroid dienone is 1. The highest BCUT2D eigenvalue weighted by Crippen LogP contribution is 2.21. The van der Waals surface area contributed by atoms with Gasteiger partial charge in [0.1, 0.15) is 0 Å². The van der Waals surface area contributed by atoms with Gasteiger partial charge in [0.05, 0.1) is 19.1 Å². The van der Waals surface area contributed by atoms with Crippen molar-refractivity contribution in [3.63, 3.8) is 0 Å². The molecular formula is C11H20N+. The van der Waals surface area contributed by atoms with Crippen LogP contribution >= 0.6 is 0 Å². The molecule has 2 aliphatic rings. The summed E-state index contributed by atoms with van der Waals surface area (Å²) >= 11 is 0. The molecule has 0 radical (unpaired) electrons. The van der Waals surface area contributed by atoms with Crippen LogP contribution in [0.15, 0.2) is 12.7 Å². The molecule has 12 heavy (non-hydrogen) atoms. The van der Waals surface area contributed by atoms with E-state index in [9.17, 15) is 0 Å². The number of nitrogens with one attached hydrogen (secondary N) is 1. The van der Waals surface area contributed by atoms with Gasteiger partial charge < -0.3 is 4.90 Å². The fraction of sp³-hybridized carbons (Fsp3) is 0.818. The molecule has 0 aromatic carbocycles. The second-order valence-corrected chi connectivity index (χ2v) is 4.42. The zero-order chi connectivity index (χ0) is 8.39. The Bertz CT molecular complexity index is 152. The molecule has 0 amide bonds. The van der Waals surface area contributed by atoms with Gasteiger partial charge in [-0.05, 0) is 12.8 Å². The van der Waals surface area contributed by atoms with Crippen molar-refractivity contribution in [1.82, 2.24) is 0 Å². The van der Waals surface area contributed by atoms with Crippen molar-refractivity contribution in [1.29, 1.82) is 0 Å². The summed E-state index contributed by atoms with van der Waals surface area (Å²) in [5.74, 6) is 1.02. The Morgan fingerprint density at radius 3 is 3.17 bits per heavy atom. The van der Waals surface area contributed by atoms with E-state index < -0.39 is 0 Å². The monoisotopic (exact) mass is 166 g/mol. The van der Waals surface area contributed by atoms with E-state index in [4.69, 9.17) is 0 Å². The molecule has 0 saturated carbocycles. The van der Waals surface area contributed by atoms with Gasteiger partial charge in [-0.2, -0.15) is 0 Å². The van der Waals surface area contributed by atoms with Crippen LogP contribution in [0.1, 0.15) is 32.1 Å². The van der Waals surface area contributed by atoms with E-state index >= 15 is 0 Å². The van der Waals surface area contributed by atoms with E-state index in [1.54, 1.807) is 0 Å². The number of hydrogen-bond donors (Lipinski definition) is 1. The average molecular weight is 166 g/mol. The van der Waals surface area contributed by atoms with Gasteiger partial charge in [0, 0.05) is 25.2 Å². The van der Waals surface area contributed by atoms with Crippen LogP contribution in [0.3, 0.4) is 0 Å². The van der Waals surface area contributed by atoms with Crippen molar-refractivity contribution in [2.45, 2.75) is 38.1 Å². The Hall–Kier alpha value is -0.300. The van der Waals surface area contributed by atoms with Crippen LogP contribution in [-0.2, 0) is 0 Å².